The fourth-order valence-electron chi connectivity index (χ4n) is 2.89. The minimum absolute atomic E-state index is 0.0117. The summed E-state index contributed by atoms with van der Waals surface area (Å²) in [6.45, 7) is 1.16. The molecule has 24 heavy (non-hydrogen) atoms. The Morgan fingerprint density at radius 1 is 1.21 bits per heavy atom. The summed E-state index contributed by atoms with van der Waals surface area (Å²) >= 11 is 0. The van der Waals surface area contributed by atoms with Crippen LogP contribution in [0.25, 0.3) is 0 Å². The lowest BCUT2D eigenvalue weighted by atomic mass is 10.0. The fourth-order valence-corrected chi connectivity index (χ4v) is 2.89. The number of nitrogens with zero attached hydrogens (tertiary/aromatic N) is 1. The van der Waals surface area contributed by atoms with Gasteiger partial charge in [-0.2, -0.15) is 0 Å². The van der Waals surface area contributed by atoms with Gasteiger partial charge in [0.05, 0.1) is 18.2 Å². The summed E-state index contributed by atoms with van der Waals surface area (Å²) in [6.07, 6.45) is 4.31. The third-order valence-electron chi connectivity index (χ3n) is 4.22. The van der Waals surface area contributed by atoms with Crippen LogP contribution in [0.3, 0.4) is 0 Å². The Hall–Kier alpha value is -2.63. The molecule has 0 aliphatic carbocycles. The number of halogens is 1. The highest BCUT2D eigenvalue weighted by Crippen LogP contribution is 2.15. The van der Waals surface area contributed by atoms with Crippen molar-refractivity contribution in [3.05, 3.63) is 59.8 Å². The predicted octanol–water partition coefficient (Wildman–Crippen LogP) is 2.38. The van der Waals surface area contributed by atoms with Crippen molar-refractivity contribution < 1.29 is 18.4 Å². The molecule has 1 aliphatic rings. The van der Waals surface area contributed by atoms with Crippen molar-refractivity contribution >= 4 is 11.8 Å². The van der Waals surface area contributed by atoms with Crippen LogP contribution in [0.5, 0.6) is 0 Å². The van der Waals surface area contributed by atoms with Crippen LogP contribution in [-0.4, -0.2) is 35.8 Å². The molecule has 0 radical (unpaired) electrons. The number of carbonyl (C=O) groups is 2. The van der Waals surface area contributed by atoms with Crippen molar-refractivity contribution in [2.45, 2.75) is 25.3 Å². The lowest BCUT2D eigenvalue weighted by Gasteiger charge is -2.32. The lowest BCUT2D eigenvalue weighted by molar-refractivity contribution is -0.121. The van der Waals surface area contributed by atoms with Crippen molar-refractivity contribution in [3.8, 4) is 0 Å². The van der Waals surface area contributed by atoms with Crippen LogP contribution < -0.4 is 5.32 Å². The molecule has 1 saturated heterocycles. The molecule has 0 saturated carbocycles. The highest BCUT2D eigenvalue weighted by Gasteiger charge is 2.25. The number of carbonyl (C=O) groups excluding carboxylic acids is 2. The first-order chi connectivity index (χ1) is 11.6. The minimum atomic E-state index is -0.367. The number of hydrogen-bond acceptors (Lipinski definition) is 3. The van der Waals surface area contributed by atoms with E-state index < -0.39 is 0 Å². The van der Waals surface area contributed by atoms with Crippen LogP contribution in [0, 0.1) is 5.82 Å². The van der Waals surface area contributed by atoms with Crippen molar-refractivity contribution in [2.75, 3.05) is 13.1 Å². The molecule has 1 aliphatic heterocycles. The van der Waals surface area contributed by atoms with Gasteiger partial charge in [-0.05, 0) is 30.5 Å². The minimum Gasteiger partial charge on any atom is -0.472 e. The van der Waals surface area contributed by atoms with Crippen molar-refractivity contribution in [2.24, 2.45) is 0 Å². The third-order valence-corrected chi connectivity index (χ3v) is 4.22. The molecule has 3 rings (SSSR count). The van der Waals surface area contributed by atoms with Crippen LogP contribution in [0.1, 0.15) is 28.8 Å². The molecular weight excluding hydrogens is 311 g/mol. The van der Waals surface area contributed by atoms with E-state index in [1.54, 1.807) is 29.2 Å². The predicted molar refractivity (Wildman–Crippen MR) is 85.9 cm³/mol. The summed E-state index contributed by atoms with van der Waals surface area (Å²) in [5, 5.41) is 2.93. The van der Waals surface area contributed by atoms with Gasteiger partial charge >= 0.3 is 0 Å². The van der Waals surface area contributed by atoms with E-state index in [9.17, 15) is 14.0 Å². The van der Waals surface area contributed by atoms with Gasteiger partial charge in [0, 0.05) is 19.1 Å². The molecule has 2 amide bonds. The summed E-state index contributed by atoms with van der Waals surface area (Å²) in [7, 11) is 0. The number of likely N-dealkylation sites (tertiary alicyclic amines) is 1. The number of nitrogens with one attached hydrogen (secondary N) is 1. The SMILES string of the molecule is O=C(Cc1ccccc1F)NC1CCN(C(=O)c2ccoc2)CC1. The molecule has 1 aromatic heterocycles. The maximum Gasteiger partial charge on any atom is 0.257 e. The normalized spacial score (nSPS) is 15.3. The number of amides is 2. The smallest absolute Gasteiger partial charge is 0.257 e. The molecule has 5 nitrogen and oxygen atoms in total. The zero-order valence-corrected chi connectivity index (χ0v) is 13.2. The zero-order chi connectivity index (χ0) is 16.9. The highest BCUT2D eigenvalue weighted by atomic mass is 19.1. The van der Waals surface area contributed by atoms with Crippen LogP contribution in [0.4, 0.5) is 4.39 Å². The fraction of sp³-hybridized carbons (Fsp3) is 0.333. The standard InChI is InChI=1S/C18H19FN2O3/c19-16-4-2-1-3-13(16)11-17(22)20-15-5-8-21(9-6-15)18(23)14-7-10-24-12-14/h1-4,7,10,12,15H,5-6,8-9,11H2,(H,20,22). The van der Waals surface area contributed by atoms with Gasteiger partial charge in [0.15, 0.2) is 0 Å². The first-order valence-electron chi connectivity index (χ1n) is 7.98. The average molecular weight is 330 g/mol. The van der Waals surface area contributed by atoms with E-state index in [2.05, 4.69) is 5.32 Å². The van der Waals surface area contributed by atoms with Gasteiger partial charge in [-0.3, -0.25) is 9.59 Å². The van der Waals surface area contributed by atoms with Crippen LogP contribution in [0.15, 0.2) is 47.3 Å². The first kappa shape index (κ1) is 16.2. The summed E-state index contributed by atoms with van der Waals surface area (Å²) < 4.78 is 18.5. The van der Waals surface area contributed by atoms with Crippen molar-refractivity contribution in [1.82, 2.24) is 10.2 Å². The molecule has 2 aromatic rings. The monoisotopic (exact) mass is 330 g/mol. The van der Waals surface area contributed by atoms with E-state index in [4.69, 9.17) is 4.42 Å². The molecule has 6 heteroatoms. The molecule has 0 bridgehead atoms. The summed E-state index contributed by atoms with van der Waals surface area (Å²) in [4.78, 5) is 26.0. The van der Waals surface area contributed by atoms with Crippen LogP contribution in [0.2, 0.25) is 0 Å². The topological polar surface area (TPSA) is 62.6 Å². The van der Waals surface area contributed by atoms with Crippen molar-refractivity contribution in [1.29, 1.82) is 0 Å². The van der Waals surface area contributed by atoms with Crippen LogP contribution in [-0.2, 0) is 11.2 Å². The molecule has 0 spiro atoms. The Labute approximate surface area is 139 Å². The lowest BCUT2D eigenvalue weighted by Crippen LogP contribution is -2.46. The average Bonchev–Trinajstić information content (AvgIpc) is 3.11. The first-order valence-corrected chi connectivity index (χ1v) is 7.98. The van der Waals surface area contributed by atoms with Gasteiger partial charge in [-0.1, -0.05) is 18.2 Å². The van der Waals surface area contributed by atoms with Gasteiger partial charge in [0.1, 0.15) is 12.1 Å². The molecule has 0 atom stereocenters. The van der Waals surface area contributed by atoms with Gasteiger partial charge in [-0.25, -0.2) is 4.39 Å². The van der Waals surface area contributed by atoms with Crippen molar-refractivity contribution in [3.63, 3.8) is 0 Å². The number of piperidine rings is 1. The Balaban J connectivity index is 1.48. The maximum atomic E-state index is 13.6. The maximum absolute atomic E-state index is 13.6. The van der Waals surface area contributed by atoms with Gasteiger partial charge < -0.3 is 14.6 Å². The largest absolute Gasteiger partial charge is 0.472 e. The van der Waals surface area contributed by atoms with E-state index in [0.717, 1.165) is 0 Å². The molecule has 2 heterocycles. The Morgan fingerprint density at radius 2 is 1.96 bits per heavy atom. The van der Waals surface area contributed by atoms with Gasteiger partial charge in [0.25, 0.3) is 5.91 Å². The number of rotatable bonds is 4. The second-order valence-corrected chi connectivity index (χ2v) is 5.91. The molecule has 1 fully saturated rings. The molecule has 0 unspecified atom stereocenters. The van der Waals surface area contributed by atoms with E-state index in [1.165, 1.54) is 18.6 Å². The second-order valence-electron chi connectivity index (χ2n) is 5.91. The summed E-state index contributed by atoms with van der Waals surface area (Å²) in [5.41, 5.74) is 0.930. The number of furan rings is 1. The summed E-state index contributed by atoms with van der Waals surface area (Å²) in [6, 6.07) is 7.93. The Bertz CT molecular complexity index is 707. The molecule has 126 valence electrons. The van der Waals surface area contributed by atoms with E-state index in [0.29, 0.717) is 37.1 Å². The summed E-state index contributed by atoms with van der Waals surface area (Å²) in [5.74, 6) is -0.618. The quantitative estimate of drug-likeness (QED) is 0.936. The molecular formula is C18H19FN2O3. The second kappa shape index (κ2) is 7.29. The van der Waals surface area contributed by atoms with Gasteiger partial charge in [0.2, 0.25) is 5.91 Å². The molecule has 1 N–H and O–H groups in total. The van der Waals surface area contributed by atoms with E-state index >= 15 is 0 Å². The number of hydrogen-bond donors (Lipinski definition) is 1. The third kappa shape index (κ3) is 3.82. The Morgan fingerprint density at radius 3 is 2.62 bits per heavy atom. The molecule has 1 aromatic carbocycles. The van der Waals surface area contributed by atoms with Crippen LogP contribution >= 0.6 is 0 Å². The van der Waals surface area contributed by atoms with E-state index in [-0.39, 0.29) is 30.1 Å². The number of benzene rings is 1. The van der Waals surface area contributed by atoms with Gasteiger partial charge in [-0.15, -0.1) is 0 Å². The zero-order valence-electron chi connectivity index (χ0n) is 13.2. The highest BCUT2D eigenvalue weighted by molar-refractivity contribution is 5.93. The van der Waals surface area contributed by atoms with E-state index in [1.807, 2.05) is 0 Å². The Kier molecular flexibility index (Phi) is 4.93.